The second-order valence-electron chi connectivity index (χ2n) is 5.01. The second kappa shape index (κ2) is 6.88. The van der Waals surface area contributed by atoms with E-state index in [1.54, 1.807) is 0 Å². The molecular weight excluding hydrogens is 393 g/mol. The Balaban J connectivity index is 2.53. The van der Waals surface area contributed by atoms with Gasteiger partial charge in [-0.1, -0.05) is 18.2 Å². The average Bonchev–Trinajstić information content (AvgIpc) is 2.51. The monoisotopic (exact) mass is 402 g/mol. The van der Waals surface area contributed by atoms with Crippen LogP contribution in [0.1, 0.15) is 17.2 Å². The molecule has 0 heterocycles. The molecule has 0 saturated heterocycles. The number of benzene rings is 2. The van der Waals surface area contributed by atoms with Crippen molar-refractivity contribution < 1.29 is 43.3 Å². The van der Waals surface area contributed by atoms with E-state index in [1.165, 1.54) is 0 Å². The lowest BCUT2D eigenvalue weighted by atomic mass is 10.0. The molecule has 0 fully saturated rings. The van der Waals surface area contributed by atoms with Crippen LogP contribution in [-0.4, -0.2) is 14.6 Å². The fourth-order valence-corrected chi connectivity index (χ4v) is 3.10. The van der Waals surface area contributed by atoms with Crippen LogP contribution in [0.3, 0.4) is 0 Å². The Morgan fingerprint density at radius 1 is 0.846 bits per heavy atom. The van der Waals surface area contributed by atoms with E-state index in [1.807, 2.05) is 0 Å². The van der Waals surface area contributed by atoms with Gasteiger partial charge >= 0.3 is 12.4 Å². The number of hydrogen-bond donors (Lipinski definition) is 0. The molecule has 0 N–H and O–H groups in total. The average molecular weight is 402 g/mol. The first-order valence-corrected chi connectivity index (χ1v) is 8.15. The third kappa shape index (κ3) is 4.52. The maximum atomic E-state index is 13.3. The molecule has 11 heteroatoms. The molecule has 0 radical (unpaired) electrons. The molecule has 3 nitrogen and oxygen atoms in total. The minimum absolute atomic E-state index is 0.377. The Morgan fingerprint density at radius 3 is 1.88 bits per heavy atom. The molecule has 0 unspecified atom stereocenters. The number of halogens is 7. The number of rotatable bonds is 4. The molecule has 2 rings (SSSR count). The molecule has 142 valence electrons. The predicted octanol–water partition coefficient (Wildman–Crippen LogP) is 4.85. The third-order valence-corrected chi connectivity index (χ3v) is 4.47. The summed E-state index contributed by atoms with van der Waals surface area (Å²) in [6.07, 6.45) is -14.0. The highest BCUT2D eigenvalue weighted by molar-refractivity contribution is 7.86. The van der Waals surface area contributed by atoms with E-state index in [9.17, 15) is 39.2 Å². The maximum absolute atomic E-state index is 13.3. The first kappa shape index (κ1) is 20.2. The molecule has 0 bridgehead atoms. The van der Waals surface area contributed by atoms with Gasteiger partial charge in [-0.2, -0.15) is 34.8 Å². The van der Waals surface area contributed by atoms with Gasteiger partial charge in [0.2, 0.25) is 0 Å². The number of hydrogen-bond acceptors (Lipinski definition) is 3. The van der Waals surface area contributed by atoms with Crippen LogP contribution >= 0.6 is 0 Å². The van der Waals surface area contributed by atoms with E-state index in [4.69, 9.17) is 0 Å². The van der Waals surface area contributed by atoms with Crippen LogP contribution in [0.5, 0.6) is 0 Å². The van der Waals surface area contributed by atoms with Gasteiger partial charge in [0.1, 0.15) is 5.82 Å². The SMILES string of the molecule is O=S(=O)(O[C@@H](c1ccccc1C(F)(F)F)C(F)(F)F)c1ccc(F)cc1. The zero-order chi connectivity index (χ0) is 19.8. The molecular formula is C15H9F7O3S. The van der Waals surface area contributed by atoms with Crippen LogP contribution in [0.15, 0.2) is 53.4 Å². The molecule has 0 aliphatic rings. The Kier molecular flexibility index (Phi) is 5.34. The highest BCUT2D eigenvalue weighted by Gasteiger charge is 2.49. The van der Waals surface area contributed by atoms with Crippen molar-refractivity contribution in [2.24, 2.45) is 0 Å². The lowest BCUT2D eigenvalue weighted by molar-refractivity contribution is -0.199. The zero-order valence-corrected chi connectivity index (χ0v) is 13.3. The Bertz CT molecular complexity index is 871. The van der Waals surface area contributed by atoms with E-state index in [0.29, 0.717) is 36.4 Å². The highest BCUT2D eigenvalue weighted by Crippen LogP contribution is 2.43. The van der Waals surface area contributed by atoms with Gasteiger partial charge in [-0.05, 0) is 30.3 Å². The summed E-state index contributed by atoms with van der Waals surface area (Å²) in [7, 11) is -5.12. The summed E-state index contributed by atoms with van der Waals surface area (Å²) < 4.78 is 120. The zero-order valence-electron chi connectivity index (χ0n) is 12.5. The Hall–Kier alpha value is -2.14. The molecule has 0 aromatic heterocycles. The normalized spacial score (nSPS) is 14.3. The van der Waals surface area contributed by atoms with Gasteiger partial charge in [0.15, 0.2) is 6.10 Å². The van der Waals surface area contributed by atoms with Crippen LogP contribution in [0.2, 0.25) is 0 Å². The lowest BCUT2D eigenvalue weighted by Gasteiger charge is -2.23. The van der Waals surface area contributed by atoms with Gasteiger partial charge < -0.3 is 0 Å². The molecule has 0 aliphatic carbocycles. The van der Waals surface area contributed by atoms with Crippen LogP contribution in [0.4, 0.5) is 30.7 Å². The van der Waals surface area contributed by atoms with Crippen LogP contribution in [-0.2, 0) is 20.5 Å². The lowest BCUT2D eigenvalue weighted by Crippen LogP contribution is -2.28. The van der Waals surface area contributed by atoms with E-state index >= 15 is 0 Å². The molecule has 1 atom stereocenters. The molecule has 0 aliphatic heterocycles. The van der Waals surface area contributed by atoms with E-state index in [-0.39, 0.29) is 0 Å². The predicted molar refractivity (Wildman–Crippen MR) is 74.9 cm³/mol. The van der Waals surface area contributed by atoms with Gasteiger partial charge in [0.05, 0.1) is 10.5 Å². The van der Waals surface area contributed by atoms with Crippen LogP contribution in [0.25, 0.3) is 0 Å². The Morgan fingerprint density at radius 2 is 1.38 bits per heavy atom. The summed E-state index contributed by atoms with van der Waals surface area (Å²) in [5.41, 5.74) is -3.09. The van der Waals surface area contributed by atoms with Gasteiger partial charge in [-0.3, -0.25) is 0 Å². The largest absolute Gasteiger partial charge is 0.420 e. The van der Waals surface area contributed by atoms with Gasteiger partial charge in [0.25, 0.3) is 10.1 Å². The van der Waals surface area contributed by atoms with E-state index in [0.717, 1.165) is 12.1 Å². The minimum atomic E-state index is -5.46. The summed E-state index contributed by atoms with van der Waals surface area (Å²) in [6, 6.07) is 5.17. The van der Waals surface area contributed by atoms with E-state index in [2.05, 4.69) is 4.18 Å². The quantitative estimate of drug-likeness (QED) is 0.542. The van der Waals surface area contributed by atoms with Gasteiger partial charge in [-0.15, -0.1) is 0 Å². The van der Waals surface area contributed by atoms with E-state index < -0.39 is 50.4 Å². The molecule has 0 saturated carbocycles. The molecule has 0 spiro atoms. The first-order chi connectivity index (χ1) is 11.8. The number of alkyl halides is 6. The van der Waals surface area contributed by atoms with Crippen LogP contribution < -0.4 is 0 Å². The fraction of sp³-hybridized carbons (Fsp3) is 0.200. The van der Waals surface area contributed by atoms with Crippen molar-refractivity contribution in [1.29, 1.82) is 0 Å². The van der Waals surface area contributed by atoms with Gasteiger partial charge in [-0.25, -0.2) is 8.57 Å². The highest BCUT2D eigenvalue weighted by atomic mass is 32.2. The van der Waals surface area contributed by atoms with Crippen molar-refractivity contribution in [3.05, 3.63) is 65.5 Å². The fourth-order valence-electron chi connectivity index (χ4n) is 2.05. The van der Waals surface area contributed by atoms with Crippen LogP contribution in [0, 0.1) is 5.82 Å². The minimum Gasteiger partial charge on any atom is -0.248 e. The summed E-state index contributed by atoms with van der Waals surface area (Å²) in [5.74, 6) is -0.862. The van der Waals surface area contributed by atoms with Crippen molar-refractivity contribution in [3.63, 3.8) is 0 Å². The smallest absolute Gasteiger partial charge is 0.248 e. The van der Waals surface area contributed by atoms with Crippen molar-refractivity contribution >= 4 is 10.1 Å². The summed E-state index contributed by atoms with van der Waals surface area (Å²) in [6.45, 7) is 0. The summed E-state index contributed by atoms with van der Waals surface area (Å²) in [4.78, 5) is -0.836. The molecule has 2 aromatic carbocycles. The summed E-state index contributed by atoms with van der Waals surface area (Å²) in [5, 5.41) is 0. The molecule has 26 heavy (non-hydrogen) atoms. The van der Waals surface area contributed by atoms with Crippen molar-refractivity contribution in [3.8, 4) is 0 Å². The maximum Gasteiger partial charge on any atom is 0.420 e. The topological polar surface area (TPSA) is 43.4 Å². The standard InChI is InChI=1S/C15H9F7O3S/c16-9-5-7-10(8-6-9)26(23,24)25-13(15(20,21)22)11-3-1-2-4-12(11)14(17,18)19/h1-8,13H/t13-/m0/s1. The molecule has 2 aromatic rings. The first-order valence-electron chi connectivity index (χ1n) is 6.74. The van der Waals surface area contributed by atoms with Crippen molar-refractivity contribution in [1.82, 2.24) is 0 Å². The second-order valence-corrected chi connectivity index (χ2v) is 6.58. The van der Waals surface area contributed by atoms with Crippen molar-refractivity contribution in [2.45, 2.75) is 23.4 Å². The summed E-state index contributed by atoms with van der Waals surface area (Å²) >= 11 is 0. The molecule has 0 amide bonds. The van der Waals surface area contributed by atoms with Gasteiger partial charge in [0, 0.05) is 5.56 Å². The Labute approximate surface area is 143 Å². The van der Waals surface area contributed by atoms with Crippen molar-refractivity contribution in [2.75, 3.05) is 0 Å². The third-order valence-electron chi connectivity index (χ3n) is 3.17.